The molecule has 0 aromatic heterocycles. The van der Waals surface area contributed by atoms with Gasteiger partial charge in [0.05, 0.1) is 6.26 Å². The lowest BCUT2D eigenvalue weighted by Crippen LogP contribution is -2.52. The third kappa shape index (κ3) is 8.84. The summed E-state index contributed by atoms with van der Waals surface area (Å²) in [5.41, 5.74) is 3.06. The minimum atomic E-state index is -3.25. The zero-order valence-electron chi connectivity index (χ0n) is 15.2. The second-order valence-corrected chi connectivity index (χ2v) is 8.22. The molecule has 0 unspecified atom stereocenters. The number of benzene rings is 1. The number of nitrogens with zero attached hydrogens (tertiary/aromatic N) is 1. The van der Waals surface area contributed by atoms with E-state index >= 15 is 0 Å². The van der Waals surface area contributed by atoms with E-state index < -0.39 is 15.6 Å². The fourth-order valence-corrected chi connectivity index (χ4v) is 3.36. The highest BCUT2D eigenvalue weighted by atomic mass is 127. The topological polar surface area (TPSA) is 82.6 Å². The summed E-state index contributed by atoms with van der Waals surface area (Å²) in [6.45, 7) is 8.87. The smallest absolute Gasteiger partial charge is 0.209 e. The van der Waals surface area contributed by atoms with Gasteiger partial charge in [-0.25, -0.2) is 13.1 Å². The van der Waals surface area contributed by atoms with E-state index in [9.17, 15) is 8.42 Å². The molecule has 0 spiro atoms. The Balaban J connectivity index is 0.00000529. The van der Waals surface area contributed by atoms with Crippen molar-refractivity contribution in [3.05, 3.63) is 34.9 Å². The van der Waals surface area contributed by atoms with Crippen LogP contribution in [-0.2, 0) is 16.6 Å². The molecule has 1 aromatic carbocycles. The van der Waals surface area contributed by atoms with Gasteiger partial charge < -0.3 is 10.6 Å². The van der Waals surface area contributed by atoms with Crippen molar-refractivity contribution < 1.29 is 8.42 Å². The van der Waals surface area contributed by atoms with Crippen LogP contribution in [0.25, 0.3) is 0 Å². The molecule has 0 saturated carbocycles. The van der Waals surface area contributed by atoms with Crippen LogP contribution in [0.15, 0.2) is 23.2 Å². The maximum absolute atomic E-state index is 11.4. The largest absolute Gasteiger partial charge is 0.355 e. The Morgan fingerprint density at radius 1 is 1.21 bits per heavy atom. The van der Waals surface area contributed by atoms with E-state index in [1.165, 1.54) is 16.7 Å². The van der Waals surface area contributed by atoms with E-state index in [1.54, 1.807) is 7.05 Å². The predicted octanol–water partition coefficient (Wildman–Crippen LogP) is 1.91. The maximum Gasteiger partial charge on any atom is 0.209 e. The number of halogens is 1. The highest BCUT2D eigenvalue weighted by Gasteiger charge is 2.22. The van der Waals surface area contributed by atoms with Crippen LogP contribution in [0.4, 0.5) is 0 Å². The van der Waals surface area contributed by atoms with Gasteiger partial charge in [0.2, 0.25) is 10.0 Å². The summed E-state index contributed by atoms with van der Waals surface area (Å²) in [5, 5.41) is 6.39. The second-order valence-electron chi connectivity index (χ2n) is 6.47. The van der Waals surface area contributed by atoms with Gasteiger partial charge in [0.1, 0.15) is 0 Å². The lowest BCUT2D eigenvalue weighted by molar-refractivity contribution is 0.446. The van der Waals surface area contributed by atoms with Crippen LogP contribution in [0, 0.1) is 13.8 Å². The van der Waals surface area contributed by atoms with Crippen LogP contribution in [-0.4, -0.2) is 39.8 Å². The molecular formula is C16H29IN4O2S. The Bertz CT molecular complexity index is 673. The SMILES string of the molecule is CN=C(NCc1ccc(C)cc1C)NCC(C)(C)NS(C)(=O)=O.I. The number of hydrogen-bond acceptors (Lipinski definition) is 3. The predicted molar refractivity (Wildman–Crippen MR) is 112 cm³/mol. The van der Waals surface area contributed by atoms with Crippen molar-refractivity contribution in [3.8, 4) is 0 Å². The Hall–Kier alpha value is -0.870. The van der Waals surface area contributed by atoms with E-state index in [1.807, 2.05) is 13.8 Å². The van der Waals surface area contributed by atoms with Gasteiger partial charge in [-0.1, -0.05) is 23.8 Å². The van der Waals surface area contributed by atoms with Crippen LogP contribution in [0.5, 0.6) is 0 Å². The zero-order chi connectivity index (χ0) is 17.7. The first-order valence-corrected chi connectivity index (χ1v) is 9.41. The number of rotatable bonds is 6. The van der Waals surface area contributed by atoms with Gasteiger partial charge in [-0.3, -0.25) is 4.99 Å². The van der Waals surface area contributed by atoms with E-state index in [2.05, 4.69) is 52.4 Å². The Kier molecular flexibility index (Phi) is 9.22. The molecule has 0 aliphatic carbocycles. The molecule has 0 heterocycles. The standard InChI is InChI=1S/C16H28N4O2S.HI/c1-12-7-8-14(13(2)9-12)10-18-15(17-5)19-11-16(3,4)20-23(6,21)22;/h7-9,20H,10-11H2,1-6H3,(H2,17,18,19);1H. The van der Waals surface area contributed by atoms with Crippen molar-refractivity contribution in [1.29, 1.82) is 0 Å². The fourth-order valence-electron chi connectivity index (χ4n) is 2.29. The molecule has 0 bridgehead atoms. The zero-order valence-corrected chi connectivity index (χ0v) is 18.4. The summed E-state index contributed by atoms with van der Waals surface area (Å²) < 4.78 is 25.3. The molecule has 0 aliphatic heterocycles. The van der Waals surface area contributed by atoms with Crippen molar-refractivity contribution in [2.75, 3.05) is 19.8 Å². The monoisotopic (exact) mass is 468 g/mol. The van der Waals surface area contributed by atoms with E-state index in [-0.39, 0.29) is 24.0 Å². The maximum atomic E-state index is 11.4. The van der Waals surface area contributed by atoms with Crippen molar-refractivity contribution >= 4 is 40.0 Å². The number of nitrogens with one attached hydrogen (secondary N) is 3. The van der Waals surface area contributed by atoms with E-state index in [0.29, 0.717) is 19.0 Å². The third-order valence-corrected chi connectivity index (χ3v) is 4.25. The lowest BCUT2D eigenvalue weighted by atomic mass is 10.1. The first-order valence-electron chi connectivity index (χ1n) is 7.52. The van der Waals surface area contributed by atoms with Crippen molar-refractivity contribution in [1.82, 2.24) is 15.4 Å². The highest BCUT2D eigenvalue weighted by molar-refractivity contribution is 14.0. The summed E-state index contributed by atoms with van der Waals surface area (Å²) >= 11 is 0. The molecule has 0 aliphatic rings. The van der Waals surface area contributed by atoms with E-state index in [4.69, 9.17) is 0 Å². The summed E-state index contributed by atoms with van der Waals surface area (Å²) in [6, 6.07) is 6.33. The number of sulfonamides is 1. The summed E-state index contributed by atoms with van der Waals surface area (Å²) in [7, 11) is -1.56. The minimum absolute atomic E-state index is 0. The van der Waals surface area contributed by atoms with Crippen molar-refractivity contribution in [2.45, 2.75) is 39.8 Å². The normalized spacial score (nSPS) is 12.5. The lowest BCUT2D eigenvalue weighted by Gasteiger charge is -2.26. The fraction of sp³-hybridized carbons (Fsp3) is 0.562. The Morgan fingerprint density at radius 2 is 1.83 bits per heavy atom. The van der Waals surface area contributed by atoms with Crippen molar-refractivity contribution in [3.63, 3.8) is 0 Å². The minimum Gasteiger partial charge on any atom is -0.355 e. The van der Waals surface area contributed by atoms with Crippen LogP contribution < -0.4 is 15.4 Å². The quantitative estimate of drug-likeness (QED) is 0.339. The summed E-state index contributed by atoms with van der Waals surface area (Å²) in [4.78, 5) is 4.17. The number of guanidine groups is 1. The van der Waals surface area contributed by atoms with Gasteiger partial charge in [0.25, 0.3) is 0 Å². The number of hydrogen-bond donors (Lipinski definition) is 3. The molecule has 0 radical (unpaired) electrons. The van der Waals surface area contributed by atoms with Gasteiger partial charge in [0.15, 0.2) is 5.96 Å². The average molecular weight is 468 g/mol. The van der Waals surface area contributed by atoms with Crippen LogP contribution in [0.1, 0.15) is 30.5 Å². The van der Waals surface area contributed by atoms with Crippen LogP contribution >= 0.6 is 24.0 Å². The molecule has 3 N–H and O–H groups in total. The van der Waals surface area contributed by atoms with E-state index in [0.717, 1.165) is 6.26 Å². The van der Waals surface area contributed by atoms with Gasteiger partial charge in [0, 0.05) is 25.7 Å². The number of aryl methyl sites for hydroxylation is 2. The van der Waals surface area contributed by atoms with Gasteiger partial charge in [-0.15, -0.1) is 24.0 Å². The Morgan fingerprint density at radius 3 is 2.33 bits per heavy atom. The number of aliphatic imine (C=N–C) groups is 1. The molecule has 6 nitrogen and oxygen atoms in total. The molecule has 8 heteroatoms. The highest BCUT2D eigenvalue weighted by Crippen LogP contribution is 2.10. The van der Waals surface area contributed by atoms with Crippen LogP contribution in [0.2, 0.25) is 0 Å². The molecule has 24 heavy (non-hydrogen) atoms. The van der Waals surface area contributed by atoms with Gasteiger partial charge >= 0.3 is 0 Å². The molecule has 0 amide bonds. The molecule has 0 atom stereocenters. The van der Waals surface area contributed by atoms with Crippen molar-refractivity contribution in [2.24, 2.45) is 4.99 Å². The molecular weight excluding hydrogens is 439 g/mol. The third-order valence-electron chi connectivity index (χ3n) is 3.33. The van der Waals surface area contributed by atoms with Gasteiger partial charge in [-0.05, 0) is 38.8 Å². The molecule has 0 fully saturated rings. The molecule has 138 valence electrons. The first-order chi connectivity index (χ1) is 10.5. The summed E-state index contributed by atoms with van der Waals surface area (Å²) in [5.74, 6) is 0.633. The molecule has 0 saturated heterocycles. The average Bonchev–Trinajstić information content (AvgIpc) is 2.38. The summed E-state index contributed by atoms with van der Waals surface area (Å²) in [6.07, 6.45) is 1.15. The second kappa shape index (κ2) is 9.57. The molecule has 1 rings (SSSR count). The van der Waals surface area contributed by atoms with Gasteiger partial charge in [-0.2, -0.15) is 0 Å². The Labute approximate surface area is 163 Å². The van der Waals surface area contributed by atoms with Crippen LogP contribution in [0.3, 0.4) is 0 Å². The first kappa shape index (κ1) is 23.1. The molecule has 1 aromatic rings.